The van der Waals surface area contributed by atoms with Gasteiger partial charge in [-0.1, -0.05) is 15.9 Å². The number of aliphatic carboxylic acids is 1. The van der Waals surface area contributed by atoms with Crippen LogP contribution < -0.4 is 9.47 Å². The molecule has 0 aliphatic carbocycles. The molecular weight excluding hydrogens is 302 g/mol. The molecule has 100 valence electrons. The molecule has 0 aromatic heterocycles. The minimum atomic E-state index is -0.853. The highest BCUT2D eigenvalue weighted by atomic mass is 79.9. The number of ether oxygens (including phenoxy) is 2. The second-order valence-electron chi connectivity index (χ2n) is 3.86. The predicted molar refractivity (Wildman–Crippen MR) is 71.2 cm³/mol. The lowest BCUT2D eigenvalue weighted by Crippen LogP contribution is -2.25. The summed E-state index contributed by atoms with van der Waals surface area (Å²) < 4.78 is 11.3. The Bertz CT molecular complexity index is 436. The van der Waals surface area contributed by atoms with Gasteiger partial charge in [-0.3, -0.25) is 9.69 Å². The standard InChI is InChI=1S/C12H16BrNO4/c1-14(7-12(15)16)6-8-4-10(17-2)11(18-3)5-9(8)13/h4-5H,6-7H2,1-3H3,(H,15,16). The highest BCUT2D eigenvalue weighted by molar-refractivity contribution is 9.10. The SMILES string of the molecule is COc1cc(Br)c(CN(C)CC(=O)O)cc1OC. The number of carbonyl (C=O) groups is 1. The van der Waals surface area contributed by atoms with Crippen molar-refractivity contribution in [1.29, 1.82) is 0 Å². The van der Waals surface area contributed by atoms with Gasteiger partial charge in [0.25, 0.3) is 0 Å². The molecule has 5 nitrogen and oxygen atoms in total. The number of methoxy groups -OCH3 is 2. The average molecular weight is 318 g/mol. The Labute approximate surface area is 114 Å². The molecule has 0 aliphatic rings. The number of benzene rings is 1. The van der Waals surface area contributed by atoms with Crippen molar-refractivity contribution < 1.29 is 19.4 Å². The van der Waals surface area contributed by atoms with Gasteiger partial charge in [-0.15, -0.1) is 0 Å². The first-order valence-electron chi connectivity index (χ1n) is 5.28. The molecule has 0 aliphatic heterocycles. The predicted octanol–water partition coefficient (Wildman–Crippen LogP) is 1.98. The number of nitrogens with zero attached hydrogens (tertiary/aromatic N) is 1. The summed E-state index contributed by atoms with van der Waals surface area (Å²) in [6, 6.07) is 3.64. The first kappa shape index (κ1) is 14.8. The van der Waals surface area contributed by atoms with Crippen LogP contribution in [0.4, 0.5) is 0 Å². The number of carboxylic acids is 1. The third-order valence-electron chi connectivity index (χ3n) is 2.40. The quantitative estimate of drug-likeness (QED) is 0.869. The molecule has 0 bridgehead atoms. The second-order valence-corrected chi connectivity index (χ2v) is 4.72. The molecule has 0 amide bonds. The van der Waals surface area contributed by atoms with Gasteiger partial charge in [0.05, 0.1) is 20.8 Å². The molecule has 0 fully saturated rings. The number of carboxylic acid groups (broad SMARTS) is 1. The van der Waals surface area contributed by atoms with E-state index in [1.165, 1.54) is 0 Å². The van der Waals surface area contributed by atoms with E-state index >= 15 is 0 Å². The fraction of sp³-hybridized carbons (Fsp3) is 0.417. The minimum Gasteiger partial charge on any atom is -0.493 e. The van der Waals surface area contributed by atoms with Gasteiger partial charge in [-0.25, -0.2) is 0 Å². The lowest BCUT2D eigenvalue weighted by Gasteiger charge is -2.17. The number of rotatable bonds is 6. The summed E-state index contributed by atoms with van der Waals surface area (Å²) in [6.07, 6.45) is 0. The molecule has 1 aromatic rings. The van der Waals surface area contributed by atoms with E-state index in [4.69, 9.17) is 14.6 Å². The summed E-state index contributed by atoms with van der Waals surface area (Å²) in [6.45, 7) is 0.494. The molecule has 0 atom stereocenters. The van der Waals surface area contributed by atoms with Crippen molar-refractivity contribution in [3.05, 3.63) is 22.2 Å². The highest BCUT2D eigenvalue weighted by Crippen LogP contribution is 2.33. The van der Waals surface area contributed by atoms with Gasteiger partial charge in [-0.05, 0) is 24.7 Å². The Kier molecular flexibility index (Phi) is 5.43. The van der Waals surface area contributed by atoms with E-state index in [1.54, 1.807) is 26.2 Å². The van der Waals surface area contributed by atoms with Crippen molar-refractivity contribution in [3.63, 3.8) is 0 Å². The van der Waals surface area contributed by atoms with E-state index in [9.17, 15) is 4.79 Å². The van der Waals surface area contributed by atoms with Gasteiger partial charge in [0.15, 0.2) is 11.5 Å². The zero-order valence-corrected chi connectivity index (χ0v) is 12.2. The Hall–Kier alpha value is -1.27. The minimum absolute atomic E-state index is 0.0131. The zero-order valence-electron chi connectivity index (χ0n) is 10.6. The summed E-state index contributed by atoms with van der Waals surface area (Å²) in [5.41, 5.74) is 0.941. The summed E-state index contributed by atoms with van der Waals surface area (Å²) >= 11 is 3.44. The lowest BCUT2D eigenvalue weighted by molar-refractivity contribution is -0.138. The van der Waals surface area contributed by atoms with E-state index in [0.29, 0.717) is 18.0 Å². The third-order valence-corrected chi connectivity index (χ3v) is 3.14. The molecule has 0 heterocycles. The van der Waals surface area contributed by atoms with E-state index in [-0.39, 0.29) is 6.54 Å². The normalized spacial score (nSPS) is 10.5. The first-order chi connectivity index (χ1) is 8.47. The summed E-state index contributed by atoms with van der Waals surface area (Å²) in [5, 5.41) is 8.72. The van der Waals surface area contributed by atoms with Crippen molar-refractivity contribution in [3.8, 4) is 11.5 Å². The third kappa shape index (κ3) is 3.89. The van der Waals surface area contributed by atoms with E-state index < -0.39 is 5.97 Å². The number of hydrogen-bond acceptors (Lipinski definition) is 4. The van der Waals surface area contributed by atoms with Crippen LogP contribution in [0.1, 0.15) is 5.56 Å². The number of halogens is 1. The maximum atomic E-state index is 10.6. The smallest absolute Gasteiger partial charge is 0.317 e. The molecule has 0 saturated heterocycles. The fourth-order valence-electron chi connectivity index (χ4n) is 1.60. The molecule has 1 aromatic carbocycles. The highest BCUT2D eigenvalue weighted by Gasteiger charge is 2.12. The van der Waals surface area contributed by atoms with Crippen LogP contribution in [0.5, 0.6) is 11.5 Å². The van der Waals surface area contributed by atoms with Gasteiger partial charge >= 0.3 is 5.97 Å². The zero-order chi connectivity index (χ0) is 13.7. The van der Waals surface area contributed by atoms with Crippen LogP contribution in [0.2, 0.25) is 0 Å². The van der Waals surface area contributed by atoms with Crippen LogP contribution in [0.25, 0.3) is 0 Å². The van der Waals surface area contributed by atoms with E-state index in [2.05, 4.69) is 15.9 Å². The van der Waals surface area contributed by atoms with Crippen molar-refractivity contribution in [2.24, 2.45) is 0 Å². The van der Waals surface area contributed by atoms with Gasteiger partial charge in [-0.2, -0.15) is 0 Å². The molecule has 1 N–H and O–H groups in total. The van der Waals surface area contributed by atoms with Crippen LogP contribution in [-0.2, 0) is 11.3 Å². The van der Waals surface area contributed by atoms with Gasteiger partial charge in [0.1, 0.15) is 0 Å². The van der Waals surface area contributed by atoms with Crippen molar-refractivity contribution in [2.45, 2.75) is 6.54 Å². The lowest BCUT2D eigenvalue weighted by atomic mass is 10.2. The summed E-state index contributed by atoms with van der Waals surface area (Å²) in [7, 11) is 4.88. The maximum Gasteiger partial charge on any atom is 0.317 e. The van der Waals surface area contributed by atoms with E-state index in [0.717, 1.165) is 10.0 Å². The molecule has 0 unspecified atom stereocenters. The number of likely N-dealkylation sites (N-methyl/N-ethyl adjacent to an activating group) is 1. The molecule has 6 heteroatoms. The van der Waals surface area contributed by atoms with Gasteiger partial charge in [0.2, 0.25) is 0 Å². The average Bonchev–Trinajstić information content (AvgIpc) is 2.30. The molecule has 0 radical (unpaired) electrons. The van der Waals surface area contributed by atoms with Gasteiger partial charge < -0.3 is 14.6 Å². The Morgan fingerprint density at radius 2 is 1.89 bits per heavy atom. The summed E-state index contributed by atoms with van der Waals surface area (Å²) in [4.78, 5) is 12.3. The fourth-order valence-corrected chi connectivity index (χ4v) is 2.04. The largest absolute Gasteiger partial charge is 0.493 e. The van der Waals surface area contributed by atoms with Gasteiger partial charge in [0, 0.05) is 11.0 Å². The van der Waals surface area contributed by atoms with Crippen molar-refractivity contribution >= 4 is 21.9 Å². The Balaban J connectivity index is 2.92. The van der Waals surface area contributed by atoms with Crippen LogP contribution in [0.15, 0.2) is 16.6 Å². The molecule has 0 spiro atoms. The van der Waals surface area contributed by atoms with Crippen molar-refractivity contribution in [1.82, 2.24) is 4.90 Å². The van der Waals surface area contributed by atoms with E-state index in [1.807, 2.05) is 12.1 Å². The molecule has 18 heavy (non-hydrogen) atoms. The Morgan fingerprint density at radius 1 is 1.33 bits per heavy atom. The van der Waals surface area contributed by atoms with Crippen LogP contribution in [0.3, 0.4) is 0 Å². The number of hydrogen-bond donors (Lipinski definition) is 1. The topological polar surface area (TPSA) is 59.0 Å². The van der Waals surface area contributed by atoms with Crippen molar-refractivity contribution in [2.75, 3.05) is 27.8 Å². The van der Waals surface area contributed by atoms with Crippen LogP contribution in [0, 0.1) is 0 Å². The summed E-state index contributed by atoms with van der Waals surface area (Å²) in [5.74, 6) is 0.405. The monoisotopic (exact) mass is 317 g/mol. The molecule has 1 rings (SSSR count). The maximum absolute atomic E-state index is 10.6. The second kappa shape index (κ2) is 6.61. The molecular formula is C12H16BrNO4. The van der Waals surface area contributed by atoms with Crippen LogP contribution >= 0.6 is 15.9 Å². The molecule has 0 saturated carbocycles. The first-order valence-corrected chi connectivity index (χ1v) is 6.08. The van der Waals surface area contributed by atoms with Crippen LogP contribution in [-0.4, -0.2) is 43.8 Å². The Morgan fingerprint density at radius 3 is 2.39 bits per heavy atom.